The molecule has 1 fully saturated rings. The van der Waals surface area contributed by atoms with Gasteiger partial charge in [0.15, 0.2) is 0 Å². The van der Waals surface area contributed by atoms with Crippen molar-refractivity contribution in [3.63, 3.8) is 0 Å². The van der Waals surface area contributed by atoms with E-state index in [4.69, 9.17) is 9.47 Å². The Hall–Kier alpha value is -1.94. The van der Waals surface area contributed by atoms with E-state index in [0.29, 0.717) is 18.9 Å². The summed E-state index contributed by atoms with van der Waals surface area (Å²) in [5, 5.41) is 2.76. The Kier molecular flexibility index (Phi) is 6.71. The fourth-order valence-electron chi connectivity index (χ4n) is 2.87. The molecule has 1 aliphatic heterocycles. The Balaban J connectivity index is 1.80. The summed E-state index contributed by atoms with van der Waals surface area (Å²) >= 11 is 3.36. The van der Waals surface area contributed by atoms with Crippen LogP contribution in [0.2, 0.25) is 0 Å². The third kappa shape index (κ3) is 4.91. The number of benzene rings is 2. The SMILES string of the molecule is COc1ccc(NC(=O)Cc2ccc(Br)cc2)cc1S(=O)(=O)N1CCOCC1. The van der Waals surface area contributed by atoms with Crippen molar-refractivity contribution >= 4 is 37.5 Å². The molecule has 1 saturated heterocycles. The number of nitrogens with one attached hydrogen (secondary N) is 1. The normalized spacial score (nSPS) is 15.2. The Labute approximate surface area is 172 Å². The maximum absolute atomic E-state index is 13.0. The van der Waals surface area contributed by atoms with Crippen molar-refractivity contribution in [2.24, 2.45) is 0 Å². The Morgan fingerprint density at radius 2 is 1.86 bits per heavy atom. The zero-order chi connectivity index (χ0) is 20.1. The average molecular weight is 469 g/mol. The zero-order valence-electron chi connectivity index (χ0n) is 15.4. The number of anilines is 1. The van der Waals surface area contributed by atoms with Gasteiger partial charge >= 0.3 is 0 Å². The standard InChI is InChI=1S/C19H21BrN2O5S/c1-26-17-7-6-16(21-19(23)12-14-2-4-15(20)5-3-14)13-18(17)28(24,25)22-8-10-27-11-9-22/h2-7,13H,8-12H2,1H3,(H,21,23). The summed E-state index contributed by atoms with van der Waals surface area (Å²) in [5.41, 5.74) is 1.25. The second-order valence-electron chi connectivity index (χ2n) is 6.23. The minimum atomic E-state index is -3.75. The van der Waals surface area contributed by atoms with Crippen molar-refractivity contribution in [1.29, 1.82) is 0 Å². The first-order valence-electron chi connectivity index (χ1n) is 8.70. The summed E-state index contributed by atoms with van der Waals surface area (Å²) in [6.45, 7) is 1.27. The maximum Gasteiger partial charge on any atom is 0.246 e. The second-order valence-corrected chi connectivity index (χ2v) is 9.06. The molecule has 0 aliphatic carbocycles. The van der Waals surface area contributed by atoms with Crippen molar-refractivity contribution < 1.29 is 22.7 Å². The van der Waals surface area contributed by atoms with Gasteiger partial charge in [-0.05, 0) is 35.9 Å². The van der Waals surface area contributed by atoms with E-state index in [1.165, 1.54) is 17.5 Å². The van der Waals surface area contributed by atoms with Crippen LogP contribution in [0.4, 0.5) is 5.69 Å². The third-order valence-electron chi connectivity index (χ3n) is 4.31. The third-order valence-corrected chi connectivity index (χ3v) is 6.76. The van der Waals surface area contributed by atoms with Crippen LogP contribution in [0.25, 0.3) is 0 Å². The van der Waals surface area contributed by atoms with Crippen molar-refractivity contribution in [2.45, 2.75) is 11.3 Å². The second kappa shape index (κ2) is 9.04. The van der Waals surface area contributed by atoms with E-state index in [-0.39, 0.29) is 36.1 Å². The van der Waals surface area contributed by atoms with Gasteiger partial charge in [-0.15, -0.1) is 0 Å². The number of methoxy groups -OCH3 is 1. The number of hydrogen-bond acceptors (Lipinski definition) is 5. The quantitative estimate of drug-likeness (QED) is 0.704. The molecule has 0 bridgehead atoms. The van der Waals surface area contributed by atoms with E-state index in [0.717, 1.165) is 10.0 Å². The highest BCUT2D eigenvalue weighted by molar-refractivity contribution is 9.10. The van der Waals surface area contributed by atoms with Crippen molar-refractivity contribution in [3.8, 4) is 5.75 Å². The number of carbonyl (C=O) groups excluding carboxylic acids is 1. The molecule has 0 radical (unpaired) electrons. The molecule has 9 heteroatoms. The maximum atomic E-state index is 13.0. The number of amides is 1. The van der Waals surface area contributed by atoms with Gasteiger partial charge in [0, 0.05) is 23.2 Å². The van der Waals surface area contributed by atoms with E-state index < -0.39 is 10.0 Å². The molecule has 0 unspecified atom stereocenters. The van der Waals surface area contributed by atoms with Crippen LogP contribution in [-0.2, 0) is 26.0 Å². The first-order chi connectivity index (χ1) is 13.4. The molecule has 2 aromatic rings. The first-order valence-corrected chi connectivity index (χ1v) is 10.9. The van der Waals surface area contributed by atoms with E-state index in [1.807, 2.05) is 24.3 Å². The van der Waals surface area contributed by atoms with Gasteiger partial charge in [0.2, 0.25) is 15.9 Å². The molecule has 1 amide bonds. The van der Waals surface area contributed by atoms with Gasteiger partial charge in [0.25, 0.3) is 0 Å². The topological polar surface area (TPSA) is 84.9 Å². The summed E-state index contributed by atoms with van der Waals surface area (Å²) in [7, 11) is -2.34. The predicted octanol–water partition coefficient (Wildman–Crippen LogP) is 2.66. The molecular weight excluding hydrogens is 448 g/mol. The number of nitrogens with zero attached hydrogens (tertiary/aromatic N) is 1. The Morgan fingerprint density at radius 1 is 1.18 bits per heavy atom. The van der Waals surface area contributed by atoms with Gasteiger partial charge in [0.1, 0.15) is 10.6 Å². The molecule has 7 nitrogen and oxygen atoms in total. The largest absolute Gasteiger partial charge is 0.495 e. The number of sulfonamides is 1. The lowest BCUT2D eigenvalue weighted by Crippen LogP contribution is -2.40. The van der Waals surface area contributed by atoms with Gasteiger partial charge in [-0.1, -0.05) is 28.1 Å². The first kappa shape index (κ1) is 20.8. The molecule has 28 heavy (non-hydrogen) atoms. The minimum absolute atomic E-state index is 0.0262. The summed E-state index contributed by atoms with van der Waals surface area (Å²) < 4.78 is 38.8. The Morgan fingerprint density at radius 3 is 2.50 bits per heavy atom. The predicted molar refractivity (Wildman–Crippen MR) is 109 cm³/mol. The highest BCUT2D eigenvalue weighted by atomic mass is 79.9. The van der Waals surface area contributed by atoms with Crippen LogP contribution < -0.4 is 10.1 Å². The smallest absolute Gasteiger partial charge is 0.246 e. The van der Waals surface area contributed by atoms with E-state index in [2.05, 4.69) is 21.2 Å². The summed E-state index contributed by atoms with van der Waals surface area (Å²) in [4.78, 5) is 12.4. The van der Waals surface area contributed by atoms with Gasteiger partial charge in [-0.2, -0.15) is 4.31 Å². The van der Waals surface area contributed by atoms with Crippen LogP contribution in [-0.4, -0.2) is 52.0 Å². The Bertz CT molecular complexity index is 941. The highest BCUT2D eigenvalue weighted by Gasteiger charge is 2.29. The molecule has 0 atom stereocenters. The lowest BCUT2D eigenvalue weighted by molar-refractivity contribution is -0.115. The number of halogens is 1. The van der Waals surface area contributed by atoms with Crippen LogP contribution in [0.3, 0.4) is 0 Å². The molecule has 150 valence electrons. The van der Waals surface area contributed by atoms with Crippen LogP contribution in [0.1, 0.15) is 5.56 Å². The average Bonchev–Trinajstić information content (AvgIpc) is 2.70. The number of morpholine rings is 1. The number of hydrogen-bond donors (Lipinski definition) is 1. The molecule has 0 aromatic heterocycles. The number of ether oxygens (including phenoxy) is 2. The molecule has 3 rings (SSSR count). The van der Waals surface area contributed by atoms with E-state index >= 15 is 0 Å². The summed E-state index contributed by atoms with van der Waals surface area (Å²) in [6, 6.07) is 12.0. The number of carbonyl (C=O) groups is 1. The van der Waals surface area contributed by atoms with Crippen LogP contribution >= 0.6 is 15.9 Å². The molecular formula is C19H21BrN2O5S. The van der Waals surface area contributed by atoms with Crippen LogP contribution in [0, 0.1) is 0 Å². The van der Waals surface area contributed by atoms with Gasteiger partial charge in [-0.3, -0.25) is 4.79 Å². The lowest BCUT2D eigenvalue weighted by atomic mass is 10.1. The monoisotopic (exact) mass is 468 g/mol. The minimum Gasteiger partial charge on any atom is -0.495 e. The molecule has 0 saturated carbocycles. The molecule has 1 aliphatic rings. The molecule has 1 heterocycles. The van der Waals surface area contributed by atoms with Crippen LogP contribution in [0.5, 0.6) is 5.75 Å². The fraction of sp³-hybridized carbons (Fsp3) is 0.316. The van der Waals surface area contributed by atoms with Gasteiger partial charge in [-0.25, -0.2) is 8.42 Å². The number of rotatable bonds is 6. The van der Waals surface area contributed by atoms with Crippen molar-refractivity contribution in [2.75, 3.05) is 38.7 Å². The fourth-order valence-corrected chi connectivity index (χ4v) is 4.73. The molecule has 2 aromatic carbocycles. The summed E-state index contributed by atoms with van der Waals surface area (Å²) in [6.07, 6.45) is 0.185. The zero-order valence-corrected chi connectivity index (χ0v) is 17.8. The van der Waals surface area contributed by atoms with Gasteiger partial charge < -0.3 is 14.8 Å². The summed E-state index contributed by atoms with van der Waals surface area (Å²) in [5.74, 6) is -0.000361. The van der Waals surface area contributed by atoms with Crippen LogP contribution in [0.15, 0.2) is 51.8 Å². The molecule has 1 N–H and O–H groups in total. The lowest BCUT2D eigenvalue weighted by Gasteiger charge is -2.26. The highest BCUT2D eigenvalue weighted by Crippen LogP contribution is 2.30. The van der Waals surface area contributed by atoms with E-state index in [9.17, 15) is 13.2 Å². The molecule has 0 spiro atoms. The van der Waals surface area contributed by atoms with Gasteiger partial charge in [0.05, 0.1) is 26.7 Å². The van der Waals surface area contributed by atoms with Crippen molar-refractivity contribution in [1.82, 2.24) is 4.31 Å². The van der Waals surface area contributed by atoms with Crippen molar-refractivity contribution in [3.05, 3.63) is 52.5 Å². The van der Waals surface area contributed by atoms with E-state index in [1.54, 1.807) is 12.1 Å².